The number of para-hydroxylation sites is 1. The molecular weight excluding hydrogens is 250 g/mol. The van der Waals surface area contributed by atoms with Crippen LogP contribution in [0.25, 0.3) is 10.9 Å². The van der Waals surface area contributed by atoms with Gasteiger partial charge in [-0.15, -0.1) is 0 Å². The van der Waals surface area contributed by atoms with Crippen LogP contribution in [0.15, 0.2) is 35.1 Å². The maximum atomic E-state index is 12.0. The van der Waals surface area contributed by atoms with E-state index in [0.29, 0.717) is 6.61 Å². The van der Waals surface area contributed by atoms with Gasteiger partial charge < -0.3 is 10.1 Å². The minimum absolute atomic E-state index is 0.109. The van der Waals surface area contributed by atoms with Crippen LogP contribution in [0.4, 0.5) is 0 Å². The van der Waals surface area contributed by atoms with Crippen LogP contribution in [0.3, 0.4) is 0 Å². The van der Waals surface area contributed by atoms with Crippen molar-refractivity contribution < 1.29 is 5.11 Å². The molecule has 0 aliphatic rings. The van der Waals surface area contributed by atoms with Crippen molar-refractivity contribution in [3.05, 3.63) is 46.2 Å². The molecule has 1 aromatic carbocycles. The summed E-state index contributed by atoms with van der Waals surface area (Å²) in [4.78, 5) is 15.3. The molecule has 1 aromatic heterocycles. The van der Waals surface area contributed by atoms with E-state index in [-0.39, 0.29) is 5.43 Å². The molecule has 0 saturated carbocycles. The molecule has 0 amide bonds. The van der Waals surface area contributed by atoms with Gasteiger partial charge in [0.15, 0.2) is 5.43 Å². The number of aryl methyl sites for hydroxylation is 1. The first-order valence-electron chi connectivity index (χ1n) is 7.53. The average molecular weight is 273 g/mol. The summed E-state index contributed by atoms with van der Waals surface area (Å²) in [5.74, 6) is 0. The Morgan fingerprint density at radius 3 is 2.45 bits per heavy atom. The van der Waals surface area contributed by atoms with E-state index in [0.717, 1.165) is 42.3 Å². The average Bonchev–Trinajstić information content (AvgIpc) is 2.46. The summed E-state index contributed by atoms with van der Waals surface area (Å²) >= 11 is 0. The fourth-order valence-corrected chi connectivity index (χ4v) is 2.52. The topological polar surface area (TPSA) is 53.1 Å². The Hall–Kier alpha value is -1.61. The molecule has 0 aliphatic carbocycles. The van der Waals surface area contributed by atoms with Crippen molar-refractivity contribution in [1.82, 2.24) is 4.98 Å². The van der Waals surface area contributed by atoms with E-state index in [2.05, 4.69) is 4.98 Å². The molecule has 0 saturated heterocycles. The van der Waals surface area contributed by atoms with Crippen LogP contribution in [-0.2, 0) is 6.42 Å². The molecule has 2 aromatic rings. The quantitative estimate of drug-likeness (QED) is 0.724. The number of hydrogen-bond donors (Lipinski definition) is 2. The molecule has 3 heteroatoms. The molecule has 0 radical (unpaired) electrons. The third-order valence-corrected chi connectivity index (χ3v) is 3.65. The number of aromatic nitrogens is 1. The maximum Gasteiger partial charge on any atom is 0.189 e. The molecule has 0 aliphatic heterocycles. The molecule has 0 atom stereocenters. The lowest BCUT2D eigenvalue weighted by Crippen LogP contribution is -2.05. The van der Waals surface area contributed by atoms with E-state index < -0.39 is 0 Å². The lowest BCUT2D eigenvalue weighted by Gasteiger charge is -2.04. The number of aliphatic hydroxyl groups excluding tert-OH is 1. The predicted octanol–water partition coefficient (Wildman–Crippen LogP) is 3.40. The van der Waals surface area contributed by atoms with Gasteiger partial charge in [-0.2, -0.15) is 0 Å². The minimum Gasteiger partial charge on any atom is -0.396 e. The fraction of sp³-hybridized carbons (Fsp3) is 0.471. The SMILES string of the molecule is O=c1cc(CCCCCCCCO)[nH]c2ccccc12. The van der Waals surface area contributed by atoms with Gasteiger partial charge in [-0.1, -0.05) is 37.8 Å². The van der Waals surface area contributed by atoms with E-state index in [1.54, 1.807) is 6.07 Å². The standard InChI is InChI=1S/C17H23NO2/c19-12-8-4-2-1-3-5-9-14-13-17(20)15-10-6-7-11-16(15)18-14/h6-7,10-11,13,19H,1-5,8-9,12H2,(H,18,20). The second kappa shape index (κ2) is 7.85. The van der Waals surface area contributed by atoms with Crippen LogP contribution in [0.5, 0.6) is 0 Å². The number of H-pyrrole nitrogens is 1. The van der Waals surface area contributed by atoms with Crippen molar-refractivity contribution in [2.24, 2.45) is 0 Å². The van der Waals surface area contributed by atoms with Crippen molar-refractivity contribution in [3.8, 4) is 0 Å². The highest BCUT2D eigenvalue weighted by molar-refractivity contribution is 5.78. The number of aromatic amines is 1. The van der Waals surface area contributed by atoms with Crippen molar-refractivity contribution in [1.29, 1.82) is 0 Å². The van der Waals surface area contributed by atoms with Gasteiger partial charge in [-0.3, -0.25) is 4.79 Å². The monoisotopic (exact) mass is 273 g/mol. The van der Waals surface area contributed by atoms with Gasteiger partial charge in [0.25, 0.3) is 0 Å². The number of hydrogen-bond acceptors (Lipinski definition) is 2. The Balaban J connectivity index is 1.83. The van der Waals surface area contributed by atoms with Crippen molar-refractivity contribution in [2.45, 2.75) is 44.9 Å². The van der Waals surface area contributed by atoms with Crippen molar-refractivity contribution >= 4 is 10.9 Å². The number of rotatable bonds is 8. The molecule has 1 heterocycles. The molecule has 108 valence electrons. The summed E-state index contributed by atoms with van der Waals surface area (Å²) in [5.41, 5.74) is 2.07. The number of aliphatic hydroxyl groups is 1. The van der Waals surface area contributed by atoms with E-state index in [4.69, 9.17) is 5.11 Å². The zero-order valence-electron chi connectivity index (χ0n) is 11.9. The Labute approximate surface area is 119 Å². The highest BCUT2D eigenvalue weighted by Crippen LogP contribution is 2.11. The van der Waals surface area contributed by atoms with Crippen LogP contribution in [-0.4, -0.2) is 16.7 Å². The lowest BCUT2D eigenvalue weighted by atomic mass is 10.1. The summed E-state index contributed by atoms with van der Waals surface area (Å²) in [7, 11) is 0. The first-order chi connectivity index (χ1) is 9.81. The minimum atomic E-state index is 0.109. The number of unbranched alkanes of at least 4 members (excludes halogenated alkanes) is 5. The fourth-order valence-electron chi connectivity index (χ4n) is 2.52. The third kappa shape index (κ3) is 4.20. The van der Waals surface area contributed by atoms with Crippen molar-refractivity contribution in [2.75, 3.05) is 6.61 Å². The van der Waals surface area contributed by atoms with Crippen LogP contribution < -0.4 is 5.43 Å². The number of fused-ring (bicyclic) bond motifs is 1. The molecule has 0 fully saturated rings. The second-order valence-corrected chi connectivity index (χ2v) is 5.30. The van der Waals surface area contributed by atoms with Gasteiger partial charge in [0.05, 0.1) is 0 Å². The zero-order valence-corrected chi connectivity index (χ0v) is 11.9. The van der Waals surface area contributed by atoms with Crippen LogP contribution in [0.1, 0.15) is 44.2 Å². The molecule has 3 nitrogen and oxygen atoms in total. The first-order valence-corrected chi connectivity index (χ1v) is 7.53. The van der Waals surface area contributed by atoms with Crippen LogP contribution >= 0.6 is 0 Å². The van der Waals surface area contributed by atoms with Gasteiger partial charge in [0.1, 0.15) is 0 Å². The van der Waals surface area contributed by atoms with E-state index in [1.807, 2.05) is 24.3 Å². The molecule has 0 bridgehead atoms. The smallest absolute Gasteiger partial charge is 0.189 e. The predicted molar refractivity (Wildman–Crippen MR) is 83.1 cm³/mol. The molecule has 2 rings (SSSR count). The third-order valence-electron chi connectivity index (χ3n) is 3.65. The molecule has 0 spiro atoms. The first kappa shape index (κ1) is 14.8. The van der Waals surface area contributed by atoms with Crippen LogP contribution in [0, 0.1) is 0 Å². The van der Waals surface area contributed by atoms with E-state index in [1.165, 1.54) is 19.3 Å². The number of nitrogens with one attached hydrogen (secondary N) is 1. The molecule has 2 N–H and O–H groups in total. The Morgan fingerprint density at radius 2 is 1.65 bits per heavy atom. The van der Waals surface area contributed by atoms with E-state index >= 15 is 0 Å². The number of pyridine rings is 1. The normalized spacial score (nSPS) is 11.1. The molecular formula is C17H23NO2. The summed E-state index contributed by atoms with van der Waals surface area (Å²) in [6.07, 6.45) is 7.64. The van der Waals surface area contributed by atoms with Gasteiger partial charge >= 0.3 is 0 Å². The lowest BCUT2D eigenvalue weighted by molar-refractivity contribution is 0.282. The summed E-state index contributed by atoms with van der Waals surface area (Å²) in [6.45, 7) is 0.304. The molecule has 20 heavy (non-hydrogen) atoms. The summed E-state index contributed by atoms with van der Waals surface area (Å²) < 4.78 is 0. The Morgan fingerprint density at radius 1 is 0.950 bits per heavy atom. The largest absolute Gasteiger partial charge is 0.396 e. The second-order valence-electron chi connectivity index (χ2n) is 5.30. The highest BCUT2D eigenvalue weighted by Gasteiger charge is 2.01. The summed E-state index contributed by atoms with van der Waals surface area (Å²) in [5, 5.41) is 9.46. The highest BCUT2D eigenvalue weighted by atomic mass is 16.2. The molecule has 0 unspecified atom stereocenters. The van der Waals surface area contributed by atoms with Gasteiger partial charge in [0.2, 0.25) is 0 Å². The zero-order chi connectivity index (χ0) is 14.2. The van der Waals surface area contributed by atoms with Gasteiger partial charge in [-0.05, 0) is 31.4 Å². The maximum absolute atomic E-state index is 12.0. The Bertz CT molecular complexity index is 589. The number of benzene rings is 1. The van der Waals surface area contributed by atoms with Gasteiger partial charge in [0, 0.05) is 29.3 Å². The van der Waals surface area contributed by atoms with Crippen LogP contribution in [0.2, 0.25) is 0 Å². The van der Waals surface area contributed by atoms with E-state index in [9.17, 15) is 4.79 Å². The Kier molecular flexibility index (Phi) is 5.81. The summed E-state index contributed by atoms with van der Waals surface area (Å²) in [6, 6.07) is 9.38. The van der Waals surface area contributed by atoms with Crippen molar-refractivity contribution in [3.63, 3.8) is 0 Å². The van der Waals surface area contributed by atoms with Gasteiger partial charge in [-0.25, -0.2) is 0 Å².